The molecule has 6 rings (SSSR count). The summed E-state index contributed by atoms with van der Waals surface area (Å²) in [5, 5.41) is 9.62. The molecule has 0 amide bonds. The molecule has 4 aromatic rings. The van der Waals surface area contributed by atoms with Crippen molar-refractivity contribution in [1.82, 2.24) is 24.5 Å². The van der Waals surface area contributed by atoms with Crippen LogP contribution in [0.4, 0.5) is 0 Å². The van der Waals surface area contributed by atoms with Crippen LogP contribution in [0.5, 0.6) is 0 Å². The number of piperidine rings is 1. The number of aromatic amines is 1. The smallest absolute Gasteiger partial charge is 0.160 e. The molecule has 6 nitrogen and oxygen atoms in total. The van der Waals surface area contributed by atoms with Gasteiger partial charge < -0.3 is 9.72 Å². The summed E-state index contributed by atoms with van der Waals surface area (Å²) in [5.74, 6) is 1.07. The van der Waals surface area contributed by atoms with Gasteiger partial charge in [-0.15, -0.1) is 10.2 Å². The largest absolute Gasteiger partial charge is 0.378 e. The molecule has 2 aliphatic rings. The van der Waals surface area contributed by atoms with Crippen molar-refractivity contribution in [2.24, 2.45) is 0 Å². The second kappa shape index (κ2) is 7.71. The Morgan fingerprint density at radius 3 is 2.66 bits per heavy atom. The minimum absolute atomic E-state index is 0.422. The maximum absolute atomic E-state index is 5.40. The van der Waals surface area contributed by atoms with Crippen molar-refractivity contribution in [2.45, 2.75) is 51.5 Å². The van der Waals surface area contributed by atoms with E-state index in [0.717, 1.165) is 18.9 Å². The van der Waals surface area contributed by atoms with E-state index in [1.165, 1.54) is 64.8 Å². The molecule has 0 radical (unpaired) electrons. The van der Waals surface area contributed by atoms with Crippen LogP contribution in [0.1, 0.15) is 55.2 Å². The third-order valence-corrected chi connectivity index (χ3v) is 7.49. The van der Waals surface area contributed by atoms with Gasteiger partial charge >= 0.3 is 0 Å². The number of hydrogen-bond donors (Lipinski definition) is 1. The zero-order valence-electron chi connectivity index (χ0n) is 19.1. The van der Waals surface area contributed by atoms with Gasteiger partial charge in [0, 0.05) is 22.7 Å². The van der Waals surface area contributed by atoms with E-state index >= 15 is 0 Å². The number of ether oxygens (including phenoxy) is 1. The predicted molar refractivity (Wildman–Crippen MR) is 127 cm³/mol. The average molecular weight is 430 g/mol. The van der Waals surface area contributed by atoms with E-state index in [1.54, 1.807) is 6.33 Å². The first-order valence-electron chi connectivity index (χ1n) is 11.9. The summed E-state index contributed by atoms with van der Waals surface area (Å²) >= 11 is 0. The Kier molecular flexibility index (Phi) is 4.81. The lowest BCUT2D eigenvalue weighted by atomic mass is 9.87. The Bertz CT molecular complexity index is 1270. The molecule has 0 spiro atoms. The molecule has 1 N–H and O–H groups in total. The van der Waals surface area contributed by atoms with Gasteiger partial charge in [0.1, 0.15) is 6.33 Å². The topological polar surface area (TPSA) is 58.5 Å². The summed E-state index contributed by atoms with van der Waals surface area (Å²) < 4.78 is 7.40. The van der Waals surface area contributed by atoms with Crippen molar-refractivity contribution >= 4 is 16.6 Å². The summed E-state index contributed by atoms with van der Waals surface area (Å²) in [5.41, 5.74) is 8.65. The maximum atomic E-state index is 5.40. The van der Waals surface area contributed by atoms with Crippen molar-refractivity contribution in [2.75, 3.05) is 26.3 Å². The molecule has 0 unspecified atom stereocenters. The third kappa shape index (κ3) is 3.24. The van der Waals surface area contributed by atoms with Gasteiger partial charge in [-0.1, -0.05) is 19.9 Å². The number of aromatic nitrogens is 4. The Labute approximate surface area is 188 Å². The summed E-state index contributed by atoms with van der Waals surface area (Å²) in [6, 6.07) is 9.87. The number of rotatable bonds is 4. The highest BCUT2D eigenvalue weighted by atomic mass is 16.5. The van der Waals surface area contributed by atoms with Crippen LogP contribution in [0.15, 0.2) is 36.8 Å². The van der Waals surface area contributed by atoms with E-state index < -0.39 is 0 Å². The monoisotopic (exact) mass is 429 g/mol. The Balaban J connectivity index is 1.38. The molecule has 0 saturated carbocycles. The fourth-order valence-corrected chi connectivity index (χ4v) is 5.56. The number of aryl methyl sites for hydroxylation is 1. The first-order chi connectivity index (χ1) is 15.6. The normalized spacial score (nSPS) is 18.8. The summed E-state index contributed by atoms with van der Waals surface area (Å²) in [6.07, 6.45) is 6.40. The van der Waals surface area contributed by atoms with Crippen LogP contribution in [-0.4, -0.2) is 56.8 Å². The van der Waals surface area contributed by atoms with Gasteiger partial charge in [0.25, 0.3) is 0 Å². The number of benzene rings is 1. The number of hydrogen-bond acceptors (Lipinski definition) is 4. The van der Waals surface area contributed by atoms with Crippen molar-refractivity contribution in [3.05, 3.63) is 53.5 Å². The van der Waals surface area contributed by atoms with Gasteiger partial charge in [-0.25, -0.2) is 0 Å². The third-order valence-electron chi connectivity index (χ3n) is 7.49. The molecule has 166 valence electrons. The molecule has 0 bridgehead atoms. The fourth-order valence-electron chi connectivity index (χ4n) is 5.56. The van der Waals surface area contributed by atoms with Crippen LogP contribution < -0.4 is 0 Å². The molecule has 3 aromatic heterocycles. The van der Waals surface area contributed by atoms with Gasteiger partial charge in [0.05, 0.1) is 24.9 Å². The molecule has 5 heterocycles. The van der Waals surface area contributed by atoms with Gasteiger partial charge in [0.15, 0.2) is 5.65 Å². The van der Waals surface area contributed by atoms with E-state index in [9.17, 15) is 0 Å². The molecule has 6 heteroatoms. The quantitative estimate of drug-likeness (QED) is 0.502. The van der Waals surface area contributed by atoms with Crippen molar-refractivity contribution in [3.8, 4) is 11.3 Å². The SMILES string of the molecule is Cc1cc2nncn2cc1-c1[nH]c2ccc(C3CCN(C4COC4)CC3)cc2c1C(C)C. The molecule has 2 saturated heterocycles. The number of nitrogens with one attached hydrogen (secondary N) is 1. The second-order valence-corrected chi connectivity index (χ2v) is 9.84. The highest BCUT2D eigenvalue weighted by Gasteiger charge is 2.30. The molecule has 0 atom stereocenters. The number of pyridine rings is 1. The van der Waals surface area contributed by atoms with Crippen LogP contribution in [0.2, 0.25) is 0 Å². The summed E-state index contributed by atoms with van der Waals surface area (Å²) in [7, 11) is 0. The van der Waals surface area contributed by atoms with E-state index in [4.69, 9.17) is 4.74 Å². The lowest BCUT2D eigenvalue weighted by Crippen LogP contribution is -2.51. The molecule has 2 aliphatic heterocycles. The van der Waals surface area contributed by atoms with E-state index in [-0.39, 0.29) is 0 Å². The Morgan fingerprint density at radius 1 is 1.12 bits per heavy atom. The van der Waals surface area contributed by atoms with Crippen LogP contribution in [0.25, 0.3) is 27.8 Å². The van der Waals surface area contributed by atoms with Gasteiger partial charge in [-0.05, 0) is 79.6 Å². The van der Waals surface area contributed by atoms with Gasteiger partial charge in [-0.2, -0.15) is 0 Å². The fraction of sp³-hybridized carbons (Fsp3) is 0.462. The molecular formula is C26H31N5O. The van der Waals surface area contributed by atoms with Crippen LogP contribution in [0, 0.1) is 6.92 Å². The summed E-state index contributed by atoms with van der Waals surface area (Å²) in [6.45, 7) is 11.0. The van der Waals surface area contributed by atoms with E-state index in [2.05, 4.69) is 71.3 Å². The number of nitrogens with zero attached hydrogens (tertiary/aromatic N) is 4. The Hall–Kier alpha value is -2.70. The molecular weight excluding hydrogens is 398 g/mol. The number of fused-ring (bicyclic) bond motifs is 2. The molecule has 0 aliphatic carbocycles. The van der Waals surface area contributed by atoms with Crippen LogP contribution in [0.3, 0.4) is 0 Å². The van der Waals surface area contributed by atoms with Gasteiger partial charge in [-0.3, -0.25) is 9.30 Å². The summed E-state index contributed by atoms with van der Waals surface area (Å²) in [4.78, 5) is 6.37. The van der Waals surface area contributed by atoms with Gasteiger partial charge in [0.2, 0.25) is 0 Å². The molecule has 2 fully saturated rings. The van der Waals surface area contributed by atoms with Crippen molar-refractivity contribution in [1.29, 1.82) is 0 Å². The van der Waals surface area contributed by atoms with E-state index in [0.29, 0.717) is 17.9 Å². The first kappa shape index (κ1) is 19.9. The molecule has 32 heavy (non-hydrogen) atoms. The highest BCUT2D eigenvalue weighted by Crippen LogP contribution is 2.39. The zero-order chi connectivity index (χ0) is 21.8. The lowest BCUT2D eigenvalue weighted by molar-refractivity contribution is -0.0712. The second-order valence-electron chi connectivity index (χ2n) is 9.84. The lowest BCUT2D eigenvalue weighted by Gasteiger charge is -2.41. The predicted octanol–water partition coefficient (Wildman–Crippen LogP) is 4.89. The minimum Gasteiger partial charge on any atom is -0.378 e. The van der Waals surface area contributed by atoms with E-state index in [1.807, 2.05) is 4.40 Å². The minimum atomic E-state index is 0.422. The maximum Gasteiger partial charge on any atom is 0.160 e. The zero-order valence-corrected chi connectivity index (χ0v) is 19.1. The van der Waals surface area contributed by atoms with Crippen LogP contribution in [-0.2, 0) is 4.74 Å². The van der Waals surface area contributed by atoms with Crippen molar-refractivity contribution < 1.29 is 4.74 Å². The van der Waals surface area contributed by atoms with Crippen LogP contribution >= 0.6 is 0 Å². The standard InChI is InChI=1S/C26H31N5O/c1-16(2)25-21-11-19(18-6-8-30(9-7-18)20-13-32-14-20)4-5-23(21)28-26(25)22-12-31-15-27-29-24(31)10-17(22)3/h4-5,10-12,15-16,18,20,28H,6-9,13-14H2,1-3H3. The number of likely N-dealkylation sites (tertiary alicyclic amines) is 1. The van der Waals surface area contributed by atoms with Crippen molar-refractivity contribution in [3.63, 3.8) is 0 Å². The first-order valence-corrected chi connectivity index (χ1v) is 11.9. The average Bonchev–Trinajstić information content (AvgIpc) is 3.35. The number of H-pyrrole nitrogens is 1. The highest BCUT2D eigenvalue weighted by molar-refractivity contribution is 5.92. The molecule has 1 aromatic carbocycles. The Morgan fingerprint density at radius 2 is 1.94 bits per heavy atom.